The van der Waals surface area contributed by atoms with Crippen molar-refractivity contribution in [2.75, 3.05) is 13.1 Å². The molecule has 0 spiro atoms. The molecule has 3 amide bonds. The molecule has 2 saturated heterocycles. The molecule has 8 nitrogen and oxygen atoms in total. The van der Waals surface area contributed by atoms with Crippen LogP contribution in [0.25, 0.3) is 0 Å². The fourth-order valence-electron chi connectivity index (χ4n) is 5.33. The van der Waals surface area contributed by atoms with Gasteiger partial charge < -0.3 is 14.7 Å². The lowest BCUT2D eigenvalue weighted by molar-refractivity contribution is -0.154. The molecule has 8 heteroatoms. The van der Waals surface area contributed by atoms with Gasteiger partial charge in [0, 0.05) is 25.4 Å². The largest absolute Gasteiger partial charge is 0.490 e. The van der Waals surface area contributed by atoms with Gasteiger partial charge in [-0.2, -0.15) is 0 Å². The molecule has 3 fully saturated rings. The maximum atomic E-state index is 13.0. The van der Waals surface area contributed by atoms with E-state index < -0.39 is 11.4 Å². The monoisotopic (exact) mass is 470 g/mol. The topological polar surface area (TPSA) is 113 Å². The number of hydrogen-bond acceptors (Lipinski definition) is 5. The molecule has 2 heterocycles. The van der Waals surface area contributed by atoms with Gasteiger partial charge in [-0.15, -0.1) is 0 Å². The molecule has 1 aliphatic carbocycles. The lowest BCUT2D eigenvalue weighted by Crippen LogP contribution is -2.47. The number of carboxylic acids is 1. The van der Waals surface area contributed by atoms with E-state index in [4.69, 9.17) is 4.74 Å². The molecule has 1 unspecified atom stereocenters. The summed E-state index contributed by atoms with van der Waals surface area (Å²) in [6.07, 6.45) is 5.05. The molecule has 0 radical (unpaired) electrons. The smallest absolute Gasteiger partial charge is 0.309 e. The third-order valence-corrected chi connectivity index (χ3v) is 7.85. The lowest BCUT2D eigenvalue weighted by atomic mass is 9.79. The van der Waals surface area contributed by atoms with E-state index in [0.29, 0.717) is 38.8 Å². The Kier molecular flexibility index (Phi) is 6.96. The number of carbonyl (C=O) groups is 4. The average molecular weight is 471 g/mol. The molecule has 0 bridgehead atoms. The number of nitrogens with one attached hydrogen (secondary N) is 1. The Morgan fingerprint density at radius 1 is 1.09 bits per heavy atom. The SMILES string of the molecule is Cc1cc(C2CCC(=O)NC2=O)ccc1OC1CCC(C(=O)N2CCC(C)(C(=O)O)CC2)CC1. The van der Waals surface area contributed by atoms with Crippen LogP contribution in [0.3, 0.4) is 0 Å². The molecule has 4 rings (SSSR count). The Bertz CT molecular complexity index is 974. The minimum absolute atomic E-state index is 0.0231. The molecule has 0 aromatic heterocycles. The fraction of sp³-hybridized carbons (Fsp3) is 0.615. The number of carbonyl (C=O) groups excluding carboxylic acids is 3. The van der Waals surface area contributed by atoms with E-state index in [2.05, 4.69) is 5.32 Å². The Hall–Kier alpha value is -2.90. The summed E-state index contributed by atoms with van der Waals surface area (Å²) in [5, 5.41) is 11.8. The number of aliphatic carboxylic acids is 1. The summed E-state index contributed by atoms with van der Waals surface area (Å²) in [5.41, 5.74) is 1.12. The highest BCUT2D eigenvalue weighted by Crippen LogP contribution is 2.35. The van der Waals surface area contributed by atoms with E-state index in [1.165, 1.54) is 0 Å². The summed E-state index contributed by atoms with van der Waals surface area (Å²) in [7, 11) is 0. The van der Waals surface area contributed by atoms with Crippen LogP contribution in [0.4, 0.5) is 0 Å². The normalized spacial score (nSPS) is 27.1. The van der Waals surface area contributed by atoms with Crippen LogP contribution in [0.2, 0.25) is 0 Å². The van der Waals surface area contributed by atoms with Gasteiger partial charge in [0.25, 0.3) is 0 Å². The van der Waals surface area contributed by atoms with Crippen molar-refractivity contribution in [3.8, 4) is 5.75 Å². The van der Waals surface area contributed by atoms with Crippen molar-refractivity contribution in [1.82, 2.24) is 10.2 Å². The molecular formula is C26H34N2O6. The number of imide groups is 1. The van der Waals surface area contributed by atoms with Crippen LogP contribution in [-0.4, -0.2) is 52.9 Å². The van der Waals surface area contributed by atoms with Crippen molar-refractivity contribution in [3.05, 3.63) is 29.3 Å². The number of aryl methyl sites for hydroxylation is 1. The summed E-state index contributed by atoms with van der Waals surface area (Å²) < 4.78 is 6.25. The minimum Gasteiger partial charge on any atom is -0.490 e. The molecule has 184 valence electrons. The molecular weight excluding hydrogens is 436 g/mol. The predicted molar refractivity (Wildman–Crippen MR) is 124 cm³/mol. The second-order valence-corrected chi connectivity index (χ2v) is 10.3. The third-order valence-electron chi connectivity index (χ3n) is 7.85. The zero-order chi connectivity index (χ0) is 24.5. The minimum atomic E-state index is -0.780. The number of likely N-dealkylation sites (tertiary alicyclic amines) is 1. The number of piperidine rings is 2. The number of ether oxygens (including phenoxy) is 1. The summed E-state index contributed by atoms with van der Waals surface area (Å²) in [4.78, 5) is 49.8. The van der Waals surface area contributed by atoms with Crippen molar-refractivity contribution in [3.63, 3.8) is 0 Å². The van der Waals surface area contributed by atoms with Crippen LogP contribution in [0.5, 0.6) is 5.75 Å². The highest BCUT2D eigenvalue weighted by Gasteiger charge is 2.40. The van der Waals surface area contributed by atoms with Gasteiger partial charge in [-0.1, -0.05) is 12.1 Å². The molecule has 2 N–H and O–H groups in total. The summed E-state index contributed by atoms with van der Waals surface area (Å²) >= 11 is 0. The maximum absolute atomic E-state index is 13.0. The summed E-state index contributed by atoms with van der Waals surface area (Å²) in [6, 6.07) is 5.77. The quantitative estimate of drug-likeness (QED) is 0.639. The second-order valence-electron chi connectivity index (χ2n) is 10.3. The van der Waals surface area contributed by atoms with E-state index in [0.717, 1.165) is 42.6 Å². The van der Waals surface area contributed by atoms with Crippen molar-refractivity contribution < 1.29 is 29.0 Å². The number of hydrogen-bond donors (Lipinski definition) is 2. The zero-order valence-corrected chi connectivity index (χ0v) is 20.0. The number of carboxylic acid groups (broad SMARTS) is 1. The molecule has 1 atom stereocenters. The van der Waals surface area contributed by atoms with E-state index in [1.807, 2.05) is 30.0 Å². The van der Waals surface area contributed by atoms with Crippen molar-refractivity contribution >= 4 is 23.7 Å². The molecule has 1 saturated carbocycles. The number of amides is 3. The standard InChI is InChI=1S/C26H34N2O6/c1-16-15-18(20-8-10-22(29)27-23(20)30)5-9-21(16)34-19-6-3-17(4-7-19)24(31)28-13-11-26(2,12-14-28)25(32)33/h5,9,15,17,19-20H,3-4,6-8,10-14H2,1-2H3,(H,32,33)(H,27,29,30). The number of rotatable bonds is 5. The van der Waals surface area contributed by atoms with Crippen LogP contribution >= 0.6 is 0 Å². The molecule has 3 aliphatic rings. The van der Waals surface area contributed by atoms with Gasteiger partial charge in [-0.25, -0.2) is 0 Å². The van der Waals surface area contributed by atoms with Gasteiger partial charge in [0.2, 0.25) is 17.7 Å². The van der Waals surface area contributed by atoms with Crippen LogP contribution < -0.4 is 10.1 Å². The number of nitrogens with zero attached hydrogens (tertiary/aromatic N) is 1. The predicted octanol–water partition coefficient (Wildman–Crippen LogP) is 3.17. The van der Waals surface area contributed by atoms with Gasteiger partial charge in [-0.05, 0) is 76.0 Å². The Balaban J connectivity index is 1.28. The Labute approximate surface area is 200 Å². The van der Waals surface area contributed by atoms with Gasteiger partial charge in [0.15, 0.2) is 0 Å². The average Bonchev–Trinajstić information content (AvgIpc) is 2.81. The molecule has 34 heavy (non-hydrogen) atoms. The molecule has 1 aromatic carbocycles. The lowest BCUT2D eigenvalue weighted by Gasteiger charge is -2.39. The number of benzene rings is 1. The maximum Gasteiger partial charge on any atom is 0.309 e. The summed E-state index contributed by atoms with van der Waals surface area (Å²) in [5.74, 6) is -0.636. The van der Waals surface area contributed by atoms with Crippen molar-refractivity contribution in [1.29, 1.82) is 0 Å². The zero-order valence-electron chi connectivity index (χ0n) is 20.0. The van der Waals surface area contributed by atoms with Crippen LogP contribution in [-0.2, 0) is 19.2 Å². The van der Waals surface area contributed by atoms with Crippen molar-refractivity contribution in [2.45, 2.75) is 77.2 Å². The van der Waals surface area contributed by atoms with E-state index in [-0.39, 0.29) is 35.7 Å². The first-order valence-corrected chi connectivity index (χ1v) is 12.3. The van der Waals surface area contributed by atoms with Gasteiger partial charge in [0.05, 0.1) is 17.4 Å². The van der Waals surface area contributed by atoms with E-state index in [1.54, 1.807) is 6.92 Å². The first kappa shape index (κ1) is 24.2. The second kappa shape index (κ2) is 9.76. The highest BCUT2D eigenvalue weighted by atomic mass is 16.5. The van der Waals surface area contributed by atoms with Crippen LogP contribution in [0.15, 0.2) is 18.2 Å². The summed E-state index contributed by atoms with van der Waals surface area (Å²) in [6.45, 7) is 4.74. The van der Waals surface area contributed by atoms with E-state index in [9.17, 15) is 24.3 Å². The molecule has 2 aliphatic heterocycles. The van der Waals surface area contributed by atoms with Crippen LogP contribution in [0.1, 0.15) is 75.3 Å². The highest BCUT2D eigenvalue weighted by molar-refractivity contribution is 6.00. The first-order chi connectivity index (χ1) is 16.2. The Morgan fingerprint density at radius 2 is 1.76 bits per heavy atom. The van der Waals surface area contributed by atoms with Gasteiger partial charge in [-0.3, -0.25) is 24.5 Å². The van der Waals surface area contributed by atoms with E-state index >= 15 is 0 Å². The molecule has 1 aromatic rings. The fourth-order valence-corrected chi connectivity index (χ4v) is 5.33. The van der Waals surface area contributed by atoms with Crippen LogP contribution in [0, 0.1) is 18.3 Å². The van der Waals surface area contributed by atoms with Gasteiger partial charge >= 0.3 is 5.97 Å². The Morgan fingerprint density at radius 3 is 2.35 bits per heavy atom. The van der Waals surface area contributed by atoms with Gasteiger partial charge in [0.1, 0.15) is 5.75 Å². The van der Waals surface area contributed by atoms with Crippen molar-refractivity contribution in [2.24, 2.45) is 11.3 Å². The first-order valence-electron chi connectivity index (χ1n) is 12.3. The third kappa shape index (κ3) is 5.10.